The number of phenolic OH excluding ortho intramolecular Hbond substituents is 1. The Bertz CT molecular complexity index is 1730. The quantitative estimate of drug-likeness (QED) is 0.180. The van der Waals surface area contributed by atoms with Crippen molar-refractivity contribution < 1.29 is 28.8 Å². The molecule has 0 aliphatic rings. The van der Waals surface area contributed by atoms with E-state index in [-0.39, 0.29) is 24.7 Å². The van der Waals surface area contributed by atoms with E-state index in [9.17, 15) is 9.90 Å². The Balaban J connectivity index is 1.37. The van der Waals surface area contributed by atoms with E-state index in [1.807, 2.05) is 6.07 Å². The Labute approximate surface area is 257 Å². The highest BCUT2D eigenvalue weighted by Crippen LogP contribution is 2.41. The fourth-order valence-electron chi connectivity index (χ4n) is 4.53. The number of benzene rings is 3. The number of aryl methyl sites for hydroxylation is 1. The largest absolute Gasteiger partial charge is 0.504 e. The average molecular weight is 622 g/mol. The number of aromatic nitrogens is 4. The first-order valence-corrected chi connectivity index (χ1v) is 15.0. The van der Waals surface area contributed by atoms with E-state index >= 15 is 0 Å². The van der Waals surface area contributed by atoms with Crippen LogP contribution in [0.15, 0.2) is 59.1 Å². The topological polar surface area (TPSA) is 121 Å². The molecule has 0 aliphatic heterocycles. The molecule has 0 fully saturated rings. The number of aromatic hydroxyl groups is 1. The number of amides is 1. The molecule has 1 N–H and O–H groups in total. The van der Waals surface area contributed by atoms with Crippen LogP contribution in [0.2, 0.25) is 0 Å². The molecular formula is C30H31N5O6S2. The molecule has 0 saturated carbocycles. The fourth-order valence-corrected chi connectivity index (χ4v) is 6.55. The number of phenols is 1. The molecule has 0 spiro atoms. The molecule has 0 aliphatic carbocycles. The van der Waals surface area contributed by atoms with Crippen molar-refractivity contribution in [3.63, 3.8) is 0 Å². The van der Waals surface area contributed by atoms with Crippen molar-refractivity contribution in [2.75, 3.05) is 33.3 Å². The maximum absolute atomic E-state index is 13.8. The van der Waals surface area contributed by atoms with Gasteiger partial charge in [-0.25, -0.2) is 9.67 Å². The molecule has 3 aromatic carbocycles. The van der Waals surface area contributed by atoms with Gasteiger partial charge in [0.15, 0.2) is 27.3 Å². The number of thioether (sulfide) groups is 1. The summed E-state index contributed by atoms with van der Waals surface area (Å²) >= 11 is 3.23. The van der Waals surface area contributed by atoms with Gasteiger partial charge in [0.05, 0.1) is 56.6 Å². The monoisotopic (exact) mass is 621 g/mol. The Morgan fingerprint density at radius 1 is 1.00 bits per heavy atom. The highest BCUT2D eigenvalue weighted by Gasteiger charge is 2.23. The van der Waals surface area contributed by atoms with Crippen LogP contribution in [-0.4, -0.2) is 59.4 Å². The number of hydrogen-bond acceptors (Lipinski definition) is 11. The number of hydrogen-bond donors (Lipinski definition) is 1. The third-order valence-corrected chi connectivity index (χ3v) is 8.87. The van der Waals surface area contributed by atoms with E-state index in [1.54, 1.807) is 64.5 Å². The van der Waals surface area contributed by atoms with Gasteiger partial charge in [0.2, 0.25) is 11.7 Å². The molecular weight excluding hydrogens is 590 g/mol. The third-order valence-electron chi connectivity index (χ3n) is 6.67. The number of nitrogens with zero attached hydrogens (tertiary/aromatic N) is 5. The van der Waals surface area contributed by atoms with Crippen molar-refractivity contribution in [3.05, 3.63) is 71.5 Å². The van der Waals surface area contributed by atoms with Gasteiger partial charge in [-0.3, -0.25) is 4.79 Å². The number of anilines is 1. The van der Waals surface area contributed by atoms with E-state index in [0.717, 1.165) is 25.8 Å². The number of ether oxygens (including phenoxy) is 4. The number of fused-ring (bicyclic) bond motifs is 1. The average Bonchev–Trinajstić information content (AvgIpc) is 3.65. The Morgan fingerprint density at radius 3 is 2.40 bits per heavy atom. The maximum Gasteiger partial charge on any atom is 0.249 e. The van der Waals surface area contributed by atoms with Crippen LogP contribution in [0.25, 0.3) is 10.2 Å². The number of para-hydroxylation sites is 1. The lowest BCUT2D eigenvalue weighted by molar-refractivity contribution is -0.119. The zero-order chi connectivity index (χ0) is 30.5. The minimum Gasteiger partial charge on any atom is -0.504 e. The molecule has 0 bridgehead atoms. The van der Waals surface area contributed by atoms with Crippen molar-refractivity contribution >= 4 is 44.9 Å². The van der Waals surface area contributed by atoms with Crippen LogP contribution < -0.4 is 23.8 Å². The second-order valence-corrected chi connectivity index (χ2v) is 11.7. The minimum atomic E-state index is -0.268. The smallest absolute Gasteiger partial charge is 0.249 e. The maximum atomic E-state index is 13.8. The van der Waals surface area contributed by atoms with Crippen molar-refractivity contribution in [2.24, 2.45) is 0 Å². The second-order valence-electron chi connectivity index (χ2n) is 9.47. The van der Waals surface area contributed by atoms with Crippen LogP contribution in [0.4, 0.5) is 5.69 Å². The normalized spacial score (nSPS) is 11.0. The molecule has 1 amide bonds. The summed E-state index contributed by atoms with van der Waals surface area (Å²) in [6, 6.07) is 14.5. The summed E-state index contributed by atoms with van der Waals surface area (Å²) in [5.41, 5.74) is 4.08. The molecule has 11 nitrogen and oxygen atoms in total. The molecule has 0 unspecified atom stereocenters. The predicted octanol–water partition coefficient (Wildman–Crippen LogP) is 5.46. The summed E-state index contributed by atoms with van der Waals surface area (Å²) in [4.78, 5) is 20.1. The Kier molecular flexibility index (Phi) is 9.22. The van der Waals surface area contributed by atoms with Crippen LogP contribution in [-0.2, 0) is 23.6 Å². The summed E-state index contributed by atoms with van der Waals surface area (Å²) in [5, 5.41) is 18.8. The summed E-state index contributed by atoms with van der Waals surface area (Å²) in [6.45, 7) is 2.12. The Hall–Kier alpha value is -4.49. The van der Waals surface area contributed by atoms with E-state index < -0.39 is 0 Å². The van der Waals surface area contributed by atoms with Gasteiger partial charge in [-0.05, 0) is 36.2 Å². The van der Waals surface area contributed by atoms with E-state index in [2.05, 4.69) is 29.4 Å². The van der Waals surface area contributed by atoms with Crippen molar-refractivity contribution in [1.29, 1.82) is 0 Å². The van der Waals surface area contributed by atoms with Gasteiger partial charge in [0.25, 0.3) is 0 Å². The highest BCUT2D eigenvalue weighted by molar-refractivity contribution is 8.00. The first kappa shape index (κ1) is 30.0. The molecule has 0 saturated heterocycles. The van der Waals surface area contributed by atoms with Crippen molar-refractivity contribution in [2.45, 2.75) is 30.1 Å². The van der Waals surface area contributed by atoms with E-state index in [1.165, 1.54) is 33.1 Å². The lowest BCUT2D eigenvalue weighted by Crippen LogP contribution is -2.33. The molecule has 43 heavy (non-hydrogen) atoms. The molecule has 13 heteroatoms. The fraction of sp³-hybridized carbons (Fsp3) is 0.267. The first-order valence-electron chi connectivity index (χ1n) is 13.2. The van der Waals surface area contributed by atoms with Crippen LogP contribution in [0.1, 0.15) is 16.8 Å². The minimum absolute atomic E-state index is 0.0287. The SMILES string of the molecule is COc1ccc(CN(C(=O)Cn2cc(CSc3nc4c(C)cccc4s3)nn2)c2cc(OC)c(OC)c(OC)c2)cc1O. The van der Waals surface area contributed by atoms with E-state index in [4.69, 9.17) is 23.9 Å². The molecule has 5 rings (SSSR count). The van der Waals surface area contributed by atoms with Gasteiger partial charge in [-0.2, -0.15) is 0 Å². The molecule has 0 atom stereocenters. The van der Waals surface area contributed by atoms with Gasteiger partial charge in [-0.1, -0.05) is 35.2 Å². The number of thiazole rings is 1. The lowest BCUT2D eigenvalue weighted by atomic mass is 10.1. The van der Waals surface area contributed by atoms with Crippen LogP contribution in [0.3, 0.4) is 0 Å². The molecule has 5 aromatic rings. The highest BCUT2D eigenvalue weighted by atomic mass is 32.2. The number of methoxy groups -OCH3 is 4. The zero-order valence-electron chi connectivity index (χ0n) is 24.4. The zero-order valence-corrected chi connectivity index (χ0v) is 26.0. The molecule has 2 aromatic heterocycles. The van der Waals surface area contributed by atoms with Gasteiger partial charge < -0.3 is 29.0 Å². The summed E-state index contributed by atoms with van der Waals surface area (Å²) < 4.78 is 25.3. The number of carbonyl (C=O) groups is 1. The van der Waals surface area contributed by atoms with Crippen LogP contribution >= 0.6 is 23.1 Å². The second kappa shape index (κ2) is 13.2. The van der Waals surface area contributed by atoms with Crippen LogP contribution in [0, 0.1) is 6.92 Å². The third kappa shape index (κ3) is 6.62. The first-order chi connectivity index (χ1) is 20.8. The molecule has 0 radical (unpaired) electrons. The number of rotatable bonds is 12. The Morgan fingerprint density at radius 2 is 1.74 bits per heavy atom. The lowest BCUT2D eigenvalue weighted by Gasteiger charge is -2.25. The van der Waals surface area contributed by atoms with Gasteiger partial charge in [-0.15, -0.1) is 16.4 Å². The number of carbonyl (C=O) groups excluding carboxylic acids is 1. The molecule has 2 heterocycles. The summed E-state index contributed by atoms with van der Waals surface area (Å²) in [7, 11) is 6.02. The molecule has 224 valence electrons. The van der Waals surface area contributed by atoms with Gasteiger partial charge in [0.1, 0.15) is 6.54 Å². The van der Waals surface area contributed by atoms with Crippen molar-refractivity contribution in [3.8, 4) is 28.7 Å². The predicted molar refractivity (Wildman–Crippen MR) is 166 cm³/mol. The van der Waals surface area contributed by atoms with E-state index in [0.29, 0.717) is 40.0 Å². The summed E-state index contributed by atoms with van der Waals surface area (Å²) in [6.07, 6.45) is 1.76. The van der Waals surface area contributed by atoms with Gasteiger partial charge in [0, 0.05) is 24.1 Å². The summed E-state index contributed by atoms with van der Waals surface area (Å²) in [5.74, 6) is 1.81. The van der Waals surface area contributed by atoms with Crippen LogP contribution in [0.5, 0.6) is 28.7 Å². The standard InChI is InChI=1S/C30H31N5O6S2/c1-18-7-6-8-26-28(18)31-30(43-26)42-17-20-15-34(33-32-20)16-27(37)35(14-19-9-10-23(38-2)22(36)11-19)21-12-24(39-3)29(41-5)25(13-21)40-4/h6-13,15,36H,14,16-17H2,1-5H3. The van der Waals surface area contributed by atoms with Crippen molar-refractivity contribution in [1.82, 2.24) is 20.0 Å². The van der Waals surface area contributed by atoms with Gasteiger partial charge >= 0.3 is 0 Å².